The van der Waals surface area contributed by atoms with Gasteiger partial charge in [-0.05, 0) is 6.16 Å². The van der Waals surface area contributed by atoms with Gasteiger partial charge in [-0.15, -0.1) is 0 Å². The Hall–Kier alpha value is -2.32. The Morgan fingerprint density at radius 3 is 0.923 bits per heavy atom. The second kappa shape index (κ2) is 12.4. The highest BCUT2D eigenvalue weighted by Gasteiger charge is 1.74. The van der Waals surface area contributed by atoms with Gasteiger partial charge in [-0.25, -0.2) is 0 Å². The van der Waals surface area contributed by atoms with E-state index in [0.29, 0.717) is 0 Å². The van der Waals surface area contributed by atoms with E-state index in [2.05, 4.69) is 0 Å². The summed E-state index contributed by atoms with van der Waals surface area (Å²) in [5.41, 5.74) is 0. The number of carbonyl (C=O) groups excluding carboxylic acids is 4. The summed E-state index contributed by atoms with van der Waals surface area (Å²) in [5.74, 6) is -4.37. The van der Waals surface area contributed by atoms with Crippen LogP contribution in [-0.4, -0.2) is 24.6 Å². The van der Waals surface area contributed by atoms with Gasteiger partial charge in [-0.3, -0.25) is 0 Å². The molecule has 0 amide bonds. The maximum Gasteiger partial charge on any atom is 0.0870 e. The largest absolute Gasteiger partial charge is 0.652 e. The Morgan fingerprint density at radius 2 is 0.923 bits per heavy atom. The molecule has 0 aliphatic rings. The number of carbonyl (C=O) groups is 4. The zero-order valence-corrected chi connectivity index (χ0v) is 5.75. The first-order valence-corrected chi connectivity index (χ1v) is 2.15. The van der Waals surface area contributed by atoms with E-state index in [0.717, 1.165) is 0 Å². The molecule has 0 aliphatic carbocycles. The summed E-state index contributed by atoms with van der Waals surface area (Å²) < 4.78 is 0. The van der Waals surface area contributed by atoms with Crippen molar-refractivity contribution in [1.29, 1.82) is 0 Å². The van der Waals surface area contributed by atoms with E-state index in [1.165, 1.54) is 0 Å². The molecule has 0 rings (SSSR count). The van der Waals surface area contributed by atoms with Crippen molar-refractivity contribution < 1.29 is 44.7 Å². The third-order valence-electron chi connectivity index (χ3n) is 0.167. The standard InChI is InChI=1S/C2H2O4.CH2O3.CH2O2/c3-1(4)2(5)6;2-1(3)4;2-1-3/h(H,3,4)(H,5,6);(H2,2,3,4);1H,(H,2,3)/p-5. The predicted molar refractivity (Wildman–Crippen MR) is 21.5 cm³/mol. The molecule has 0 aromatic rings. The van der Waals surface area contributed by atoms with Crippen LogP contribution in [-0.2, 0) is 14.4 Å². The van der Waals surface area contributed by atoms with Crippen LogP contribution in [0.2, 0.25) is 0 Å². The third kappa shape index (κ3) is 202. The number of carboxylic acid groups (broad SMARTS) is 5. The summed E-state index contributed by atoms with van der Waals surface area (Å²) in [6.45, 7) is -0.500. The van der Waals surface area contributed by atoms with Crippen molar-refractivity contribution in [3.63, 3.8) is 0 Å². The average molecular weight is 193 g/mol. The number of rotatable bonds is 0. The van der Waals surface area contributed by atoms with Crippen molar-refractivity contribution in [2.75, 3.05) is 0 Å². The van der Waals surface area contributed by atoms with Crippen molar-refractivity contribution in [3.05, 3.63) is 0 Å². The minimum atomic E-state index is -2.33. The quantitative estimate of drug-likeness (QED) is 0.266. The minimum absolute atomic E-state index is 0.500. The monoisotopic (exact) mass is 193 g/mol. The molecule has 0 aliphatic heterocycles. The normalized spacial score (nSPS) is 6.15. The number of carboxylic acids is 2. The Kier molecular flexibility index (Phi) is 16.1. The molecule has 0 atom stereocenters. The van der Waals surface area contributed by atoms with Crippen LogP contribution < -0.4 is 25.5 Å². The molecule has 9 heteroatoms. The van der Waals surface area contributed by atoms with Gasteiger partial charge in [0.05, 0.1) is 11.9 Å². The van der Waals surface area contributed by atoms with E-state index in [1.807, 2.05) is 0 Å². The Morgan fingerprint density at radius 1 is 0.846 bits per heavy atom. The molecule has 0 saturated carbocycles. The predicted octanol–water partition coefficient (Wildman–Crippen LogP) is -7.59. The van der Waals surface area contributed by atoms with E-state index in [4.69, 9.17) is 44.7 Å². The molecule has 0 bridgehead atoms. The van der Waals surface area contributed by atoms with Crippen molar-refractivity contribution in [1.82, 2.24) is 0 Å². The summed E-state index contributed by atoms with van der Waals surface area (Å²) in [5, 5.41) is 42.8. The first-order chi connectivity index (χ1) is 5.79. The molecule has 0 aromatic carbocycles. The highest BCUT2D eigenvalue weighted by atomic mass is 16.6. The highest BCUT2D eigenvalue weighted by Crippen LogP contribution is 1.41. The molecule has 76 valence electrons. The fourth-order valence-corrected chi connectivity index (χ4v) is 0. The molecule has 0 aromatic heterocycles. The lowest BCUT2D eigenvalue weighted by Gasteiger charge is -1.97. The van der Waals surface area contributed by atoms with E-state index in [-0.39, 0.29) is 0 Å². The molecule has 0 spiro atoms. The fraction of sp³-hybridized carbons (Fsp3) is 0. The fourth-order valence-electron chi connectivity index (χ4n) is 0. The van der Waals surface area contributed by atoms with Gasteiger partial charge in [0.25, 0.3) is 0 Å². The van der Waals surface area contributed by atoms with Gasteiger partial charge in [-0.1, -0.05) is 0 Å². The second-order valence-electron chi connectivity index (χ2n) is 0.921. The molecule has 0 N–H and O–H groups in total. The van der Waals surface area contributed by atoms with Gasteiger partial charge >= 0.3 is 0 Å². The summed E-state index contributed by atoms with van der Waals surface area (Å²) in [6, 6.07) is 0. The third-order valence-corrected chi connectivity index (χ3v) is 0.167. The van der Waals surface area contributed by atoms with Crippen LogP contribution in [0.1, 0.15) is 0 Å². The van der Waals surface area contributed by atoms with Crippen molar-refractivity contribution in [2.24, 2.45) is 0 Å². The van der Waals surface area contributed by atoms with Gasteiger partial charge in [0, 0.05) is 6.47 Å². The minimum Gasteiger partial charge on any atom is -0.652 e. The Bertz CT molecular complexity index is 166. The van der Waals surface area contributed by atoms with Gasteiger partial charge in [-0.2, -0.15) is 0 Å². The molecular formula is C4HO9-5. The average Bonchev–Trinajstić information content (AvgIpc) is 1.87. The Balaban J connectivity index is -0.000000125. The van der Waals surface area contributed by atoms with Crippen LogP contribution in [0, 0.1) is 0 Å². The van der Waals surface area contributed by atoms with Crippen molar-refractivity contribution in [3.8, 4) is 0 Å². The van der Waals surface area contributed by atoms with Crippen molar-refractivity contribution >= 4 is 24.6 Å². The number of hydrogen-bond acceptors (Lipinski definition) is 9. The SMILES string of the molecule is O=C([O-])C(=O)[O-].O=C([O-])[O-].O=C[O-]. The number of hydrogen-bond donors (Lipinski definition) is 0. The van der Waals surface area contributed by atoms with E-state index < -0.39 is 24.6 Å². The van der Waals surface area contributed by atoms with Crippen LogP contribution in [0.15, 0.2) is 0 Å². The summed E-state index contributed by atoms with van der Waals surface area (Å²) in [7, 11) is 0. The number of aliphatic carboxylic acids is 2. The van der Waals surface area contributed by atoms with E-state index in [9.17, 15) is 0 Å². The maximum absolute atomic E-state index is 8.93. The van der Waals surface area contributed by atoms with Crippen LogP contribution in [0.3, 0.4) is 0 Å². The first kappa shape index (κ1) is 17.0. The van der Waals surface area contributed by atoms with Gasteiger partial charge in [0.2, 0.25) is 0 Å². The highest BCUT2D eigenvalue weighted by molar-refractivity contribution is 6.25. The molecule has 9 nitrogen and oxygen atoms in total. The lowest BCUT2D eigenvalue weighted by molar-refractivity contribution is -0.415. The first-order valence-electron chi connectivity index (χ1n) is 2.15. The van der Waals surface area contributed by atoms with Crippen LogP contribution in [0.4, 0.5) is 4.79 Å². The summed E-state index contributed by atoms with van der Waals surface area (Å²) in [6.07, 6.45) is -2.33. The smallest absolute Gasteiger partial charge is 0.0870 e. The van der Waals surface area contributed by atoms with Crippen LogP contribution >= 0.6 is 0 Å². The molecule has 0 radical (unpaired) electrons. The molecular weight excluding hydrogens is 192 g/mol. The lowest BCUT2D eigenvalue weighted by atomic mass is 10.7. The van der Waals surface area contributed by atoms with E-state index in [1.54, 1.807) is 0 Å². The van der Waals surface area contributed by atoms with Crippen LogP contribution in [0.25, 0.3) is 0 Å². The summed E-state index contributed by atoms with van der Waals surface area (Å²) in [4.78, 5) is 34.4. The van der Waals surface area contributed by atoms with Crippen molar-refractivity contribution in [2.45, 2.75) is 0 Å². The van der Waals surface area contributed by atoms with Crippen LogP contribution in [0.5, 0.6) is 0 Å². The second-order valence-corrected chi connectivity index (χ2v) is 0.921. The maximum atomic E-state index is 8.93. The molecule has 0 fully saturated rings. The molecule has 13 heavy (non-hydrogen) atoms. The van der Waals surface area contributed by atoms with Gasteiger partial charge < -0.3 is 44.7 Å². The lowest BCUT2D eigenvalue weighted by Crippen LogP contribution is -2.42. The summed E-state index contributed by atoms with van der Waals surface area (Å²) >= 11 is 0. The molecule has 0 unspecified atom stereocenters. The van der Waals surface area contributed by atoms with E-state index >= 15 is 0 Å². The van der Waals surface area contributed by atoms with Gasteiger partial charge in [0.15, 0.2) is 0 Å². The zero-order chi connectivity index (χ0) is 11.4. The topological polar surface area (TPSA) is 184 Å². The molecule has 0 saturated heterocycles. The molecule has 0 heterocycles. The van der Waals surface area contributed by atoms with Gasteiger partial charge in [0.1, 0.15) is 0 Å². The Labute approximate surface area is 70.5 Å². The zero-order valence-electron chi connectivity index (χ0n) is 5.75.